The number of carbonyl (C=O) groups excluding carboxylic acids is 1. The van der Waals surface area contributed by atoms with Crippen LogP contribution in [0.4, 0.5) is 4.39 Å². The molecule has 3 rings (SSSR count). The molecule has 0 bridgehead atoms. The minimum atomic E-state index is -0.207. The third kappa shape index (κ3) is 3.74. The second-order valence-electron chi connectivity index (χ2n) is 5.32. The van der Waals surface area contributed by atoms with Gasteiger partial charge in [-0.1, -0.05) is 12.1 Å². The van der Waals surface area contributed by atoms with Crippen LogP contribution in [0.5, 0.6) is 0 Å². The number of benzene rings is 1. The Morgan fingerprint density at radius 2 is 1.86 bits per heavy atom. The van der Waals surface area contributed by atoms with Crippen LogP contribution in [0, 0.1) is 5.82 Å². The first-order valence-electron chi connectivity index (χ1n) is 7.12. The highest BCUT2D eigenvalue weighted by Crippen LogP contribution is 2.22. The van der Waals surface area contributed by atoms with Gasteiger partial charge in [0.2, 0.25) is 0 Å². The average molecular weight is 383 g/mol. The van der Waals surface area contributed by atoms with Crippen molar-refractivity contribution in [2.24, 2.45) is 0 Å². The Bertz CT molecular complexity index is 650. The van der Waals surface area contributed by atoms with Crippen LogP contribution in [0.2, 0.25) is 0 Å². The number of rotatable bonds is 3. The van der Waals surface area contributed by atoms with Gasteiger partial charge in [-0.2, -0.15) is 0 Å². The molecule has 1 amide bonds. The number of thiophene rings is 1. The number of halogens is 2. The van der Waals surface area contributed by atoms with E-state index in [4.69, 9.17) is 0 Å². The summed E-state index contributed by atoms with van der Waals surface area (Å²) in [5.74, 6) is -0.0987. The molecule has 1 fully saturated rings. The van der Waals surface area contributed by atoms with Gasteiger partial charge in [0.15, 0.2) is 0 Å². The van der Waals surface area contributed by atoms with E-state index in [-0.39, 0.29) is 11.7 Å². The lowest BCUT2D eigenvalue weighted by atomic mass is 10.2. The van der Waals surface area contributed by atoms with E-state index in [9.17, 15) is 9.18 Å². The molecule has 1 aliphatic heterocycles. The van der Waals surface area contributed by atoms with Gasteiger partial charge in [0.05, 0.1) is 4.88 Å². The van der Waals surface area contributed by atoms with Crippen molar-refractivity contribution in [1.82, 2.24) is 9.80 Å². The van der Waals surface area contributed by atoms with Gasteiger partial charge in [0, 0.05) is 42.6 Å². The molecule has 2 heterocycles. The van der Waals surface area contributed by atoms with E-state index in [0.29, 0.717) is 0 Å². The zero-order valence-corrected chi connectivity index (χ0v) is 14.4. The molecule has 3 nitrogen and oxygen atoms in total. The van der Waals surface area contributed by atoms with Gasteiger partial charge < -0.3 is 4.90 Å². The summed E-state index contributed by atoms with van der Waals surface area (Å²) in [7, 11) is 0. The Kier molecular flexibility index (Phi) is 4.90. The van der Waals surface area contributed by atoms with Crippen LogP contribution in [0.25, 0.3) is 0 Å². The molecular weight excluding hydrogens is 367 g/mol. The van der Waals surface area contributed by atoms with Crippen molar-refractivity contribution in [3.05, 3.63) is 56.4 Å². The summed E-state index contributed by atoms with van der Waals surface area (Å²) >= 11 is 4.85. The number of piperazine rings is 1. The monoisotopic (exact) mass is 382 g/mol. The molecule has 1 saturated heterocycles. The first kappa shape index (κ1) is 15.6. The van der Waals surface area contributed by atoms with Gasteiger partial charge in [-0.05, 0) is 39.7 Å². The van der Waals surface area contributed by atoms with E-state index in [1.165, 1.54) is 23.5 Å². The number of hydrogen-bond acceptors (Lipinski definition) is 3. The van der Waals surface area contributed by atoms with Gasteiger partial charge in [0.25, 0.3) is 5.91 Å². The second kappa shape index (κ2) is 6.89. The SMILES string of the molecule is O=C(c1cc(Br)cs1)N1CCN(Cc2ccc(F)cc2)CC1. The van der Waals surface area contributed by atoms with Crippen molar-refractivity contribution in [2.45, 2.75) is 6.54 Å². The summed E-state index contributed by atoms with van der Waals surface area (Å²) in [5, 5.41) is 1.93. The summed E-state index contributed by atoms with van der Waals surface area (Å²) in [5.41, 5.74) is 1.10. The third-order valence-corrected chi connectivity index (χ3v) is 5.44. The van der Waals surface area contributed by atoms with Gasteiger partial charge in [-0.3, -0.25) is 9.69 Å². The van der Waals surface area contributed by atoms with Crippen molar-refractivity contribution in [2.75, 3.05) is 26.2 Å². The van der Waals surface area contributed by atoms with Crippen LogP contribution < -0.4 is 0 Å². The summed E-state index contributed by atoms with van der Waals surface area (Å²) in [6, 6.07) is 8.48. The van der Waals surface area contributed by atoms with Crippen molar-refractivity contribution >= 4 is 33.2 Å². The summed E-state index contributed by atoms with van der Waals surface area (Å²) in [4.78, 5) is 17.3. The van der Waals surface area contributed by atoms with Gasteiger partial charge in [-0.15, -0.1) is 11.3 Å². The Morgan fingerprint density at radius 3 is 2.45 bits per heavy atom. The minimum absolute atomic E-state index is 0.108. The first-order chi connectivity index (χ1) is 10.6. The van der Waals surface area contributed by atoms with Crippen molar-refractivity contribution in [3.8, 4) is 0 Å². The van der Waals surface area contributed by atoms with E-state index in [0.717, 1.165) is 47.6 Å². The molecule has 2 aromatic rings. The van der Waals surface area contributed by atoms with E-state index in [1.807, 2.05) is 28.5 Å². The van der Waals surface area contributed by atoms with E-state index < -0.39 is 0 Å². The van der Waals surface area contributed by atoms with Crippen molar-refractivity contribution in [1.29, 1.82) is 0 Å². The largest absolute Gasteiger partial charge is 0.335 e. The van der Waals surface area contributed by atoms with Crippen LogP contribution >= 0.6 is 27.3 Å². The van der Waals surface area contributed by atoms with Crippen LogP contribution in [-0.4, -0.2) is 41.9 Å². The number of hydrogen-bond donors (Lipinski definition) is 0. The number of nitrogens with zero attached hydrogens (tertiary/aromatic N) is 2. The zero-order valence-electron chi connectivity index (χ0n) is 12.0. The normalized spacial score (nSPS) is 16.0. The van der Waals surface area contributed by atoms with Gasteiger partial charge in [-0.25, -0.2) is 4.39 Å². The van der Waals surface area contributed by atoms with Crippen LogP contribution in [0.15, 0.2) is 40.2 Å². The molecule has 0 aliphatic carbocycles. The number of amides is 1. The Labute approximate surface area is 141 Å². The van der Waals surface area contributed by atoms with Crippen LogP contribution in [-0.2, 0) is 6.54 Å². The van der Waals surface area contributed by atoms with Gasteiger partial charge >= 0.3 is 0 Å². The second-order valence-corrected chi connectivity index (χ2v) is 7.15. The third-order valence-electron chi connectivity index (χ3n) is 3.76. The van der Waals surface area contributed by atoms with Gasteiger partial charge in [0.1, 0.15) is 5.82 Å². The van der Waals surface area contributed by atoms with Crippen LogP contribution in [0.1, 0.15) is 15.2 Å². The maximum Gasteiger partial charge on any atom is 0.264 e. The summed E-state index contributed by atoms with van der Waals surface area (Å²) < 4.78 is 13.9. The fourth-order valence-corrected chi connectivity index (χ4v) is 3.93. The van der Waals surface area contributed by atoms with Crippen LogP contribution in [0.3, 0.4) is 0 Å². The molecule has 0 atom stereocenters. The Morgan fingerprint density at radius 1 is 1.18 bits per heavy atom. The molecule has 0 N–H and O–H groups in total. The summed E-state index contributed by atoms with van der Waals surface area (Å²) in [6.45, 7) is 3.95. The maximum atomic E-state index is 12.9. The standard InChI is InChI=1S/C16H16BrFN2OS/c17-13-9-15(22-11-13)16(21)20-7-5-19(6-8-20)10-12-1-3-14(18)4-2-12/h1-4,9,11H,5-8,10H2. The molecule has 1 aromatic heterocycles. The van der Waals surface area contributed by atoms with E-state index in [1.54, 1.807) is 0 Å². The van der Waals surface area contributed by atoms with Crippen molar-refractivity contribution in [3.63, 3.8) is 0 Å². The fraction of sp³-hybridized carbons (Fsp3) is 0.312. The fourth-order valence-electron chi connectivity index (χ4n) is 2.54. The lowest BCUT2D eigenvalue weighted by molar-refractivity contribution is 0.0633. The molecule has 1 aliphatic rings. The number of carbonyl (C=O) groups is 1. The smallest absolute Gasteiger partial charge is 0.264 e. The quantitative estimate of drug-likeness (QED) is 0.809. The first-order valence-corrected chi connectivity index (χ1v) is 8.79. The van der Waals surface area contributed by atoms with E-state index in [2.05, 4.69) is 20.8 Å². The lowest BCUT2D eigenvalue weighted by Gasteiger charge is -2.34. The van der Waals surface area contributed by atoms with E-state index >= 15 is 0 Å². The molecule has 0 unspecified atom stereocenters. The molecule has 0 radical (unpaired) electrons. The highest BCUT2D eigenvalue weighted by atomic mass is 79.9. The molecule has 1 aromatic carbocycles. The maximum absolute atomic E-state index is 12.9. The van der Waals surface area contributed by atoms with Crippen molar-refractivity contribution < 1.29 is 9.18 Å². The molecule has 0 spiro atoms. The molecule has 22 heavy (non-hydrogen) atoms. The predicted octanol–water partition coefficient (Wildman–Crippen LogP) is 3.61. The highest BCUT2D eigenvalue weighted by Gasteiger charge is 2.23. The average Bonchev–Trinajstić information content (AvgIpc) is 2.96. The minimum Gasteiger partial charge on any atom is -0.335 e. The topological polar surface area (TPSA) is 23.6 Å². The summed E-state index contributed by atoms with van der Waals surface area (Å²) in [6.07, 6.45) is 0. The zero-order chi connectivity index (χ0) is 15.5. The molecule has 6 heteroatoms. The lowest BCUT2D eigenvalue weighted by Crippen LogP contribution is -2.48. The molecular formula is C16H16BrFN2OS. The molecule has 0 saturated carbocycles. The predicted molar refractivity (Wildman–Crippen MR) is 89.6 cm³/mol. The molecule has 116 valence electrons. The highest BCUT2D eigenvalue weighted by molar-refractivity contribution is 9.10. The Hall–Kier alpha value is -1.24. The Balaban J connectivity index is 1.54.